The minimum atomic E-state index is -1.50. The molecule has 169 valence electrons. The van der Waals surface area contributed by atoms with Crippen LogP contribution < -0.4 is 11.1 Å². The first-order valence-electron chi connectivity index (χ1n) is 9.74. The number of fused-ring (bicyclic) bond motifs is 3. The topological polar surface area (TPSA) is 169 Å². The number of carbonyl (C=O) groups is 2. The van der Waals surface area contributed by atoms with Crippen molar-refractivity contribution in [3.63, 3.8) is 0 Å². The van der Waals surface area contributed by atoms with Gasteiger partial charge < -0.3 is 31.5 Å². The van der Waals surface area contributed by atoms with E-state index in [2.05, 4.69) is 29.6 Å². The molecule has 0 spiro atoms. The van der Waals surface area contributed by atoms with Crippen LogP contribution in [0.1, 0.15) is 36.3 Å². The van der Waals surface area contributed by atoms with Crippen molar-refractivity contribution in [3.05, 3.63) is 75.5 Å². The molecular weight excluding hydrogens is 493 g/mol. The number of hydrogen-bond donors (Lipinski definition) is 3. The fraction of sp³-hybridized carbons (Fsp3) is 0.333. The Morgan fingerprint density at radius 3 is 2.12 bits per heavy atom. The van der Waals surface area contributed by atoms with Crippen LogP contribution >= 0.6 is 0 Å². The number of nitrogens with one attached hydrogen (secondary N) is 2. The Hall–Kier alpha value is -2.56. The van der Waals surface area contributed by atoms with Gasteiger partial charge in [0.1, 0.15) is 6.61 Å². The predicted molar refractivity (Wildman–Crippen MR) is 113 cm³/mol. The zero-order valence-electron chi connectivity index (χ0n) is 17.4. The largest absolute Gasteiger partial charge is 0.666 e. The first-order chi connectivity index (χ1) is 14.8. The van der Waals surface area contributed by atoms with Gasteiger partial charge >= 0.3 is 6.09 Å². The first-order valence-corrected chi connectivity index (χ1v) is 9.74. The molecule has 0 aromatic heterocycles. The van der Waals surface area contributed by atoms with Crippen molar-refractivity contribution in [2.45, 2.75) is 31.2 Å². The second-order valence-electron chi connectivity index (χ2n) is 6.96. The van der Waals surface area contributed by atoms with E-state index in [1.807, 2.05) is 24.3 Å². The van der Waals surface area contributed by atoms with E-state index in [1.54, 1.807) is 0 Å². The molecule has 10 nitrogen and oxygen atoms in total. The van der Waals surface area contributed by atoms with Gasteiger partial charge in [0.2, 0.25) is 0 Å². The average Bonchev–Trinajstić information content (AvgIpc) is 3.05. The number of hydrogen-bond acceptors (Lipinski definition) is 6. The van der Waals surface area contributed by atoms with Gasteiger partial charge in [-0.2, -0.15) is 0 Å². The third-order valence-corrected chi connectivity index (χ3v) is 4.89. The fourth-order valence-electron chi connectivity index (χ4n) is 3.46. The van der Waals surface area contributed by atoms with Gasteiger partial charge in [0, 0.05) is 51.2 Å². The SMILES string of the molecule is O=[N+]([O-])O.[NH-]C(=O)C(N)CCCCNC(=O)OCC1c2ccccc2-c2ccccc21.[Y]. The summed E-state index contributed by atoms with van der Waals surface area (Å²) in [5, 5.41) is 16.4. The number of amides is 2. The average molecular weight is 518 g/mol. The number of alkyl carbamates (subject to hydrolysis) is 1. The number of ether oxygens (including phenoxy) is 1. The Morgan fingerprint density at radius 2 is 1.62 bits per heavy atom. The number of benzene rings is 2. The monoisotopic (exact) mass is 518 g/mol. The molecule has 2 aromatic rings. The van der Waals surface area contributed by atoms with Crippen LogP contribution in [-0.4, -0.2) is 41.5 Å². The van der Waals surface area contributed by atoms with Crippen LogP contribution in [-0.2, 0) is 42.2 Å². The van der Waals surface area contributed by atoms with Crippen molar-refractivity contribution < 1.29 is 57.3 Å². The molecule has 1 aliphatic carbocycles. The summed E-state index contributed by atoms with van der Waals surface area (Å²) >= 11 is 0. The molecule has 2 aromatic carbocycles. The minimum Gasteiger partial charge on any atom is -0.666 e. The van der Waals surface area contributed by atoms with Crippen LogP contribution in [0.25, 0.3) is 16.9 Å². The maximum atomic E-state index is 12.0. The zero-order valence-corrected chi connectivity index (χ0v) is 20.2. The molecule has 0 fully saturated rings. The quantitative estimate of drug-likeness (QED) is 0.274. The van der Waals surface area contributed by atoms with Crippen molar-refractivity contribution >= 4 is 12.0 Å². The van der Waals surface area contributed by atoms with Crippen LogP contribution in [0.15, 0.2) is 48.5 Å². The molecule has 0 bridgehead atoms. The molecule has 3 rings (SSSR count). The molecule has 1 unspecified atom stereocenters. The van der Waals surface area contributed by atoms with Gasteiger partial charge in [-0.1, -0.05) is 48.5 Å². The van der Waals surface area contributed by atoms with Crippen molar-refractivity contribution in [2.24, 2.45) is 5.73 Å². The number of unbranched alkanes of at least 4 members (excludes halogenated alkanes) is 1. The maximum Gasteiger partial charge on any atom is 0.407 e. The van der Waals surface area contributed by atoms with Gasteiger partial charge in [-0.3, -0.25) is 0 Å². The molecule has 1 radical (unpaired) electrons. The molecule has 0 saturated carbocycles. The number of rotatable bonds is 8. The van der Waals surface area contributed by atoms with Crippen LogP contribution in [0.4, 0.5) is 4.79 Å². The van der Waals surface area contributed by atoms with E-state index < -0.39 is 23.1 Å². The third kappa shape index (κ3) is 8.18. The van der Waals surface area contributed by atoms with E-state index in [4.69, 9.17) is 31.5 Å². The molecule has 2 amide bonds. The zero-order chi connectivity index (χ0) is 22.8. The Labute approximate surface area is 210 Å². The van der Waals surface area contributed by atoms with Crippen LogP contribution in [0.3, 0.4) is 0 Å². The normalized spacial score (nSPS) is 12.2. The Bertz CT molecular complexity index is 877. The maximum absolute atomic E-state index is 12.0. The first kappa shape index (κ1) is 27.5. The summed E-state index contributed by atoms with van der Waals surface area (Å²) in [6.45, 7) is 0.744. The smallest absolute Gasteiger partial charge is 0.407 e. The summed E-state index contributed by atoms with van der Waals surface area (Å²) < 4.78 is 5.45. The van der Waals surface area contributed by atoms with Gasteiger partial charge in [0.15, 0.2) is 0 Å². The van der Waals surface area contributed by atoms with Crippen molar-refractivity contribution in [2.75, 3.05) is 13.2 Å². The summed E-state index contributed by atoms with van der Waals surface area (Å²) in [5.74, 6) is -0.705. The van der Waals surface area contributed by atoms with Gasteiger partial charge in [0.25, 0.3) is 5.09 Å². The Morgan fingerprint density at radius 1 is 1.12 bits per heavy atom. The van der Waals surface area contributed by atoms with E-state index in [0.717, 1.165) is 0 Å². The number of nitrogens with two attached hydrogens (primary N) is 1. The standard InChI is InChI=1S/C21H25N3O3.HNO3.Y/c22-19(20(23)25)11-5-6-12-24-21(26)27-13-18-16-9-3-1-7-14(16)15-8-2-4-10-17(15)18;2-1(3)4;/h1-4,7-10,18-19H,5-6,11-13,22H2,(H3,23,24,25,26);(H,2,3,4);/p-1. The van der Waals surface area contributed by atoms with E-state index in [1.165, 1.54) is 22.3 Å². The van der Waals surface area contributed by atoms with E-state index in [0.29, 0.717) is 25.8 Å². The van der Waals surface area contributed by atoms with E-state index >= 15 is 0 Å². The number of carbonyl (C=O) groups excluding carboxylic acids is 2. The van der Waals surface area contributed by atoms with Gasteiger partial charge in [-0.25, -0.2) is 4.79 Å². The summed E-state index contributed by atoms with van der Waals surface area (Å²) in [5.41, 5.74) is 17.2. The molecule has 11 heteroatoms. The minimum absolute atomic E-state index is 0. The van der Waals surface area contributed by atoms with Crippen molar-refractivity contribution in [1.29, 1.82) is 0 Å². The molecule has 0 aliphatic heterocycles. The summed E-state index contributed by atoms with van der Waals surface area (Å²) in [4.78, 5) is 31.1. The van der Waals surface area contributed by atoms with Gasteiger partial charge in [0.05, 0.1) is 5.91 Å². The fourth-order valence-corrected chi connectivity index (χ4v) is 3.46. The number of nitrogens with zero attached hydrogens (tertiary/aromatic N) is 1. The Kier molecular flexibility index (Phi) is 11.8. The van der Waals surface area contributed by atoms with Crippen LogP contribution in [0.5, 0.6) is 0 Å². The van der Waals surface area contributed by atoms with Crippen molar-refractivity contribution in [1.82, 2.24) is 5.32 Å². The molecule has 32 heavy (non-hydrogen) atoms. The third-order valence-electron chi connectivity index (χ3n) is 4.89. The molecule has 1 atom stereocenters. The molecule has 0 heterocycles. The molecular formula is C21H25N4O6Y-. The van der Waals surface area contributed by atoms with Gasteiger partial charge in [-0.05, 0) is 41.5 Å². The molecule has 0 saturated heterocycles. The second-order valence-corrected chi connectivity index (χ2v) is 6.96. The van der Waals surface area contributed by atoms with Crippen LogP contribution in [0.2, 0.25) is 0 Å². The van der Waals surface area contributed by atoms with Gasteiger partial charge in [-0.15, -0.1) is 10.1 Å². The summed E-state index contributed by atoms with van der Waals surface area (Å²) in [7, 11) is 0. The van der Waals surface area contributed by atoms with Crippen molar-refractivity contribution in [3.8, 4) is 11.1 Å². The summed E-state index contributed by atoms with van der Waals surface area (Å²) in [6, 6.07) is 15.7. The molecule has 5 N–H and O–H groups in total. The second kappa shape index (κ2) is 13.8. The van der Waals surface area contributed by atoms with E-state index in [9.17, 15) is 9.59 Å². The summed E-state index contributed by atoms with van der Waals surface area (Å²) in [6.07, 6.45) is 1.37. The predicted octanol–water partition coefficient (Wildman–Crippen LogP) is 3.25. The molecule has 1 aliphatic rings. The Balaban J connectivity index is 0.000000945. The van der Waals surface area contributed by atoms with Crippen LogP contribution in [0, 0.1) is 10.1 Å². The van der Waals surface area contributed by atoms with E-state index in [-0.39, 0.29) is 45.2 Å².